The van der Waals surface area contributed by atoms with Gasteiger partial charge in [-0.05, 0) is 17.7 Å². The number of amides is 4. The molecule has 14 heteroatoms. The number of carbonyl (C=O) groups excluding carboxylic acids is 4. The fraction of sp³-hybridized carbons (Fsp3) is 0.273. The van der Waals surface area contributed by atoms with Crippen LogP contribution in [0, 0.1) is 0 Å². The number of benzene rings is 1. The minimum atomic E-state index is -1.22. The number of nitrogens with zero attached hydrogens (tertiary/aromatic N) is 4. The average molecular weight is 513 g/mol. The van der Waals surface area contributed by atoms with Gasteiger partial charge in [0.2, 0.25) is 12.7 Å². The highest BCUT2D eigenvalue weighted by Gasteiger charge is 2.46. The number of urea groups is 1. The molecule has 0 radical (unpaired) electrons. The fourth-order valence-electron chi connectivity index (χ4n) is 3.91. The molecular weight excluding hydrogens is 492 g/mol. The Bertz CT molecular complexity index is 1370. The summed E-state index contributed by atoms with van der Waals surface area (Å²) in [5.74, 6) is -0.913. The van der Waals surface area contributed by atoms with Crippen LogP contribution in [-0.2, 0) is 27.8 Å². The van der Waals surface area contributed by atoms with Crippen LogP contribution in [0.3, 0.4) is 0 Å². The molecular formula is C22H20N6O7S. The van der Waals surface area contributed by atoms with E-state index in [2.05, 4.69) is 25.3 Å². The molecule has 2 aliphatic heterocycles. The van der Waals surface area contributed by atoms with Crippen LogP contribution in [0.1, 0.15) is 27.8 Å². The molecule has 1 saturated heterocycles. The molecule has 4 amide bonds. The van der Waals surface area contributed by atoms with E-state index in [-0.39, 0.29) is 24.0 Å². The number of imidazole rings is 1. The standard InChI is InChI=1S/C22H20N6O7S/c1-27-9-23-7-12(27)6-14(18(29)26-21-24-13(8-36-21)20(31)33-2)28-19(30)17(25-22(28)32)11-3-4-15-16(5-11)35-10-34-15/h3-5,7-9,14,17H,6,10H2,1-2H3,(H,25,32)(H,24,26,29). The zero-order valence-corrected chi connectivity index (χ0v) is 19.9. The van der Waals surface area contributed by atoms with Crippen molar-refractivity contribution in [1.82, 2.24) is 24.8 Å². The van der Waals surface area contributed by atoms with Crippen LogP contribution in [0.25, 0.3) is 0 Å². The summed E-state index contributed by atoms with van der Waals surface area (Å²) < 4.78 is 17.0. The van der Waals surface area contributed by atoms with Crippen molar-refractivity contribution in [3.8, 4) is 11.5 Å². The molecule has 0 saturated carbocycles. The van der Waals surface area contributed by atoms with Crippen molar-refractivity contribution in [2.45, 2.75) is 18.5 Å². The average Bonchev–Trinajstić information content (AvgIpc) is 3.65. The highest BCUT2D eigenvalue weighted by molar-refractivity contribution is 7.14. The van der Waals surface area contributed by atoms with E-state index in [1.54, 1.807) is 42.3 Å². The molecule has 36 heavy (non-hydrogen) atoms. The van der Waals surface area contributed by atoms with Crippen molar-refractivity contribution in [2.24, 2.45) is 7.05 Å². The Morgan fingerprint density at radius 3 is 2.86 bits per heavy atom. The molecule has 3 aromatic rings. The van der Waals surface area contributed by atoms with Gasteiger partial charge in [-0.15, -0.1) is 11.3 Å². The Balaban J connectivity index is 1.42. The summed E-state index contributed by atoms with van der Waals surface area (Å²) in [5.41, 5.74) is 1.14. The number of ether oxygens (including phenoxy) is 3. The number of esters is 1. The summed E-state index contributed by atoms with van der Waals surface area (Å²) in [6, 6.07) is 1.96. The second-order valence-electron chi connectivity index (χ2n) is 7.94. The van der Waals surface area contributed by atoms with Gasteiger partial charge < -0.3 is 29.4 Å². The number of nitrogens with one attached hydrogen (secondary N) is 2. The number of thiazole rings is 1. The monoisotopic (exact) mass is 512 g/mol. The number of methoxy groups -OCH3 is 1. The van der Waals surface area contributed by atoms with Crippen LogP contribution in [-0.4, -0.2) is 63.2 Å². The quantitative estimate of drug-likeness (QED) is 0.351. The normalized spacial score (nSPS) is 17.2. The highest BCUT2D eigenvalue weighted by Crippen LogP contribution is 2.36. The van der Waals surface area contributed by atoms with Crippen LogP contribution in [0.4, 0.5) is 9.93 Å². The Kier molecular flexibility index (Phi) is 6.01. The van der Waals surface area contributed by atoms with Crippen molar-refractivity contribution in [2.75, 3.05) is 19.2 Å². The smallest absolute Gasteiger partial charge is 0.357 e. The van der Waals surface area contributed by atoms with Crippen molar-refractivity contribution in [3.63, 3.8) is 0 Å². The summed E-state index contributed by atoms with van der Waals surface area (Å²) >= 11 is 1.01. The van der Waals surface area contributed by atoms with Crippen LogP contribution < -0.4 is 20.1 Å². The maximum Gasteiger partial charge on any atom is 0.357 e. The van der Waals surface area contributed by atoms with E-state index >= 15 is 0 Å². The number of hydrogen-bond donors (Lipinski definition) is 2. The number of fused-ring (bicyclic) bond motifs is 1. The molecule has 186 valence electrons. The number of aromatic nitrogens is 3. The van der Waals surface area contributed by atoms with Crippen molar-refractivity contribution in [1.29, 1.82) is 0 Å². The number of hydrogen-bond acceptors (Lipinski definition) is 10. The summed E-state index contributed by atoms with van der Waals surface area (Å²) in [6.07, 6.45) is 3.10. The highest BCUT2D eigenvalue weighted by atomic mass is 32.1. The Labute approximate surface area is 208 Å². The molecule has 5 rings (SSSR count). The number of rotatable bonds is 7. The summed E-state index contributed by atoms with van der Waals surface area (Å²) in [7, 11) is 2.96. The first-order chi connectivity index (χ1) is 17.4. The van der Waals surface area contributed by atoms with Crippen molar-refractivity contribution < 1.29 is 33.4 Å². The molecule has 4 heterocycles. The minimum Gasteiger partial charge on any atom is -0.464 e. The zero-order chi connectivity index (χ0) is 25.4. The predicted octanol–water partition coefficient (Wildman–Crippen LogP) is 1.23. The molecule has 2 aromatic heterocycles. The maximum atomic E-state index is 13.5. The molecule has 0 spiro atoms. The minimum absolute atomic E-state index is 0.00455. The Morgan fingerprint density at radius 1 is 1.31 bits per heavy atom. The lowest BCUT2D eigenvalue weighted by atomic mass is 10.0. The summed E-state index contributed by atoms with van der Waals surface area (Å²) in [4.78, 5) is 60.5. The predicted molar refractivity (Wildman–Crippen MR) is 123 cm³/mol. The summed E-state index contributed by atoms with van der Waals surface area (Å²) in [5, 5.41) is 6.80. The molecule has 13 nitrogen and oxygen atoms in total. The lowest BCUT2D eigenvalue weighted by molar-refractivity contribution is -0.134. The first-order valence-electron chi connectivity index (χ1n) is 10.7. The largest absolute Gasteiger partial charge is 0.464 e. The lowest BCUT2D eigenvalue weighted by Gasteiger charge is -2.24. The second-order valence-corrected chi connectivity index (χ2v) is 8.80. The van der Waals surface area contributed by atoms with E-state index < -0.39 is 35.9 Å². The van der Waals surface area contributed by atoms with Gasteiger partial charge in [0.25, 0.3) is 5.91 Å². The van der Waals surface area contributed by atoms with Gasteiger partial charge in [0.15, 0.2) is 22.3 Å². The van der Waals surface area contributed by atoms with E-state index in [1.807, 2.05) is 0 Å². The molecule has 1 aromatic carbocycles. The van der Waals surface area contributed by atoms with Gasteiger partial charge in [-0.3, -0.25) is 9.59 Å². The Hall–Kier alpha value is -4.46. The third kappa shape index (κ3) is 4.22. The third-order valence-corrected chi connectivity index (χ3v) is 6.52. The molecule has 2 aliphatic rings. The van der Waals surface area contributed by atoms with E-state index in [4.69, 9.17) is 9.47 Å². The zero-order valence-electron chi connectivity index (χ0n) is 19.1. The molecule has 0 aliphatic carbocycles. The Morgan fingerprint density at radius 2 is 2.11 bits per heavy atom. The van der Waals surface area contributed by atoms with Crippen molar-refractivity contribution in [3.05, 3.63) is 53.1 Å². The van der Waals surface area contributed by atoms with E-state index in [0.29, 0.717) is 22.8 Å². The molecule has 0 bridgehead atoms. The maximum absolute atomic E-state index is 13.5. The van der Waals surface area contributed by atoms with Crippen LogP contribution >= 0.6 is 11.3 Å². The third-order valence-electron chi connectivity index (χ3n) is 5.76. The molecule has 2 unspecified atom stereocenters. The number of aryl methyl sites for hydroxylation is 1. The SMILES string of the molecule is COC(=O)c1csc(NC(=O)C(Cc2cncn2C)N2C(=O)NC(c3ccc4c(c3)OCO4)C2=O)n1. The van der Waals surface area contributed by atoms with Gasteiger partial charge in [-0.25, -0.2) is 24.5 Å². The molecule has 2 N–H and O–H groups in total. The van der Waals surface area contributed by atoms with E-state index in [0.717, 1.165) is 16.2 Å². The fourth-order valence-corrected chi connectivity index (χ4v) is 4.59. The molecule has 1 fully saturated rings. The number of carbonyl (C=O) groups is 4. The number of anilines is 1. The second kappa shape index (κ2) is 9.30. The van der Waals surface area contributed by atoms with Gasteiger partial charge in [0, 0.05) is 30.7 Å². The van der Waals surface area contributed by atoms with Gasteiger partial charge in [0.1, 0.15) is 12.1 Å². The van der Waals surface area contributed by atoms with Crippen LogP contribution in [0.2, 0.25) is 0 Å². The number of imide groups is 1. The van der Waals surface area contributed by atoms with Gasteiger partial charge >= 0.3 is 12.0 Å². The lowest BCUT2D eigenvalue weighted by Crippen LogP contribution is -2.49. The first-order valence-corrected chi connectivity index (χ1v) is 11.6. The van der Waals surface area contributed by atoms with Gasteiger partial charge in [-0.1, -0.05) is 6.07 Å². The van der Waals surface area contributed by atoms with Gasteiger partial charge in [-0.2, -0.15) is 0 Å². The van der Waals surface area contributed by atoms with Crippen LogP contribution in [0.5, 0.6) is 11.5 Å². The van der Waals surface area contributed by atoms with E-state index in [9.17, 15) is 19.2 Å². The van der Waals surface area contributed by atoms with E-state index in [1.165, 1.54) is 12.5 Å². The first kappa shape index (κ1) is 23.3. The van der Waals surface area contributed by atoms with Gasteiger partial charge in [0.05, 0.1) is 13.4 Å². The summed E-state index contributed by atoms with van der Waals surface area (Å²) in [6.45, 7) is 0.0667. The van der Waals surface area contributed by atoms with Crippen LogP contribution in [0.15, 0.2) is 36.1 Å². The topological polar surface area (TPSA) is 154 Å². The molecule has 2 atom stereocenters. The van der Waals surface area contributed by atoms with Crippen molar-refractivity contribution >= 4 is 40.3 Å².